The van der Waals surface area contributed by atoms with Gasteiger partial charge in [0.25, 0.3) is 0 Å². The van der Waals surface area contributed by atoms with E-state index >= 15 is 0 Å². The summed E-state index contributed by atoms with van der Waals surface area (Å²) in [6.07, 6.45) is 0.975. The lowest BCUT2D eigenvalue weighted by Gasteiger charge is -2.28. The van der Waals surface area contributed by atoms with E-state index in [9.17, 15) is 14.7 Å². The first-order valence-electron chi connectivity index (χ1n) is 10.1. The second-order valence-electron chi connectivity index (χ2n) is 7.28. The molecule has 1 heterocycles. The van der Waals surface area contributed by atoms with Gasteiger partial charge in [-0.1, -0.05) is 43.7 Å². The Hall–Kier alpha value is -2.63. The van der Waals surface area contributed by atoms with Gasteiger partial charge in [-0.3, -0.25) is 10.1 Å². The first kappa shape index (κ1) is 22.7. The number of carbonyl (C=O) groups excluding carboxylic acids is 2. The van der Waals surface area contributed by atoms with Crippen LogP contribution in [0.3, 0.4) is 0 Å². The number of aliphatic hydroxyl groups is 1. The molecule has 29 heavy (non-hydrogen) atoms. The van der Waals surface area contributed by atoms with Gasteiger partial charge in [-0.25, -0.2) is 4.79 Å². The molecule has 1 fully saturated rings. The molecular weight excluding hydrogens is 372 g/mol. The molecule has 158 valence electrons. The maximum absolute atomic E-state index is 12.2. The van der Waals surface area contributed by atoms with E-state index in [-0.39, 0.29) is 30.9 Å². The van der Waals surface area contributed by atoms with Crippen LogP contribution in [0.2, 0.25) is 0 Å². The van der Waals surface area contributed by atoms with E-state index in [1.54, 1.807) is 0 Å². The van der Waals surface area contributed by atoms with Crippen molar-refractivity contribution in [1.29, 1.82) is 5.26 Å². The van der Waals surface area contributed by atoms with E-state index in [0.29, 0.717) is 19.4 Å². The van der Waals surface area contributed by atoms with Crippen molar-refractivity contribution in [1.82, 2.24) is 16.0 Å². The quantitative estimate of drug-likeness (QED) is 0.419. The lowest BCUT2D eigenvalue weighted by Crippen LogP contribution is -2.53. The molecule has 2 rings (SSSR count). The maximum Gasteiger partial charge on any atom is 0.407 e. The molecule has 1 aromatic carbocycles. The molecule has 1 unspecified atom stereocenters. The minimum absolute atomic E-state index is 0.0167. The molecule has 8 heteroatoms. The standard InChI is InChI=1S/C21H30N4O4/c1-2-6-18(25-21(28)29-14-15-7-4-3-5-8-15)20(27)24-17(9-11-22)13-16-10-12-23-19(16)26/h3-5,7-8,16-18,20,24,27H,2,6,9-10,12-14H2,1H3,(H,23,26)(H,25,28)/t16-,17+,18-,20?/m0/s1. The van der Waals surface area contributed by atoms with E-state index in [1.165, 1.54) is 0 Å². The number of aliphatic hydroxyl groups excluding tert-OH is 1. The van der Waals surface area contributed by atoms with Gasteiger partial charge < -0.3 is 20.5 Å². The largest absolute Gasteiger partial charge is 0.445 e. The van der Waals surface area contributed by atoms with Gasteiger partial charge in [-0.15, -0.1) is 0 Å². The summed E-state index contributed by atoms with van der Waals surface area (Å²) < 4.78 is 5.24. The van der Waals surface area contributed by atoms with E-state index in [0.717, 1.165) is 18.4 Å². The summed E-state index contributed by atoms with van der Waals surface area (Å²) in [6.45, 7) is 2.73. The van der Waals surface area contributed by atoms with Crippen molar-refractivity contribution in [2.75, 3.05) is 6.54 Å². The van der Waals surface area contributed by atoms with Crippen molar-refractivity contribution in [3.8, 4) is 6.07 Å². The van der Waals surface area contributed by atoms with Crippen molar-refractivity contribution in [3.63, 3.8) is 0 Å². The highest BCUT2D eigenvalue weighted by molar-refractivity contribution is 5.80. The van der Waals surface area contributed by atoms with E-state index in [1.807, 2.05) is 37.3 Å². The van der Waals surface area contributed by atoms with Crippen LogP contribution < -0.4 is 16.0 Å². The Morgan fingerprint density at radius 1 is 1.41 bits per heavy atom. The number of benzene rings is 1. The lowest BCUT2D eigenvalue weighted by molar-refractivity contribution is -0.122. The molecule has 0 aliphatic carbocycles. The van der Waals surface area contributed by atoms with Crippen LogP contribution in [0, 0.1) is 17.2 Å². The second-order valence-corrected chi connectivity index (χ2v) is 7.28. The third-order valence-electron chi connectivity index (χ3n) is 4.97. The molecule has 0 spiro atoms. The molecule has 2 amide bonds. The van der Waals surface area contributed by atoms with Gasteiger partial charge in [-0.2, -0.15) is 5.26 Å². The molecule has 4 atom stereocenters. The monoisotopic (exact) mass is 402 g/mol. The van der Waals surface area contributed by atoms with Crippen LogP contribution >= 0.6 is 0 Å². The van der Waals surface area contributed by atoms with E-state index < -0.39 is 18.4 Å². The first-order chi connectivity index (χ1) is 14.0. The smallest absolute Gasteiger partial charge is 0.407 e. The summed E-state index contributed by atoms with van der Waals surface area (Å²) in [5.74, 6) is -0.182. The summed E-state index contributed by atoms with van der Waals surface area (Å²) in [5.41, 5.74) is 0.872. The number of nitrogens with one attached hydrogen (secondary N) is 3. The van der Waals surface area contributed by atoms with Crippen LogP contribution in [0.4, 0.5) is 4.79 Å². The molecule has 0 radical (unpaired) electrons. The molecule has 1 saturated heterocycles. The fourth-order valence-electron chi connectivity index (χ4n) is 3.43. The molecule has 0 saturated carbocycles. The van der Waals surface area contributed by atoms with E-state index in [4.69, 9.17) is 10.00 Å². The Morgan fingerprint density at radius 3 is 2.79 bits per heavy atom. The average Bonchev–Trinajstić information content (AvgIpc) is 3.11. The minimum atomic E-state index is -1.05. The summed E-state index contributed by atoms with van der Waals surface area (Å²) in [4.78, 5) is 24.0. The summed E-state index contributed by atoms with van der Waals surface area (Å²) in [7, 11) is 0. The van der Waals surface area contributed by atoms with Gasteiger partial charge in [0.1, 0.15) is 12.8 Å². The Kier molecular flexibility index (Phi) is 9.41. The van der Waals surface area contributed by atoms with Crippen LogP contribution in [0.5, 0.6) is 0 Å². The zero-order valence-electron chi connectivity index (χ0n) is 16.8. The van der Waals surface area contributed by atoms with Crippen LogP contribution in [0.25, 0.3) is 0 Å². The topological polar surface area (TPSA) is 123 Å². The van der Waals surface area contributed by atoms with E-state index in [2.05, 4.69) is 22.0 Å². The third-order valence-corrected chi connectivity index (χ3v) is 4.97. The highest BCUT2D eigenvalue weighted by Crippen LogP contribution is 2.18. The number of nitriles is 1. The van der Waals surface area contributed by atoms with Gasteiger partial charge in [0.2, 0.25) is 5.91 Å². The highest BCUT2D eigenvalue weighted by Gasteiger charge is 2.30. The van der Waals surface area contributed by atoms with Gasteiger partial charge >= 0.3 is 6.09 Å². The van der Waals surface area contributed by atoms with Gasteiger partial charge in [0.05, 0.1) is 18.5 Å². The first-order valence-corrected chi connectivity index (χ1v) is 10.1. The van der Waals surface area contributed by atoms with Crippen molar-refractivity contribution in [2.45, 2.75) is 63.9 Å². The summed E-state index contributed by atoms with van der Waals surface area (Å²) in [5, 5.41) is 28.2. The molecule has 0 bridgehead atoms. The normalized spacial score (nSPS) is 18.9. The van der Waals surface area contributed by atoms with Crippen molar-refractivity contribution >= 4 is 12.0 Å². The highest BCUT2D eigenvalue weighted by atomic mass is 16.5. The predicted molar refractivity (Wildman–Crippen MR) is 107 cm³/mol. The molecule has 1 aliphatic rings. The number of alkyl carbamates (subject to hydrolysis) is 1. The maximum atomic E-state index is 12.2. The molecule has 4 N–H and O–H groups in total. The molecule has 1 aromatic rings. The Bertz CT molecular complexity index is 692. The average molecular weight is 402 g/mol. The van der Waals surface area contributed by atoms with Crippen molar-refractivity contribution < 1.29 is 19.4 Å². The Balaban J connectivity index is 1.88. The van der Waals surface area contributed by atoms with Crippen LogP contribution in [0.15, 0.2) is 30.3 Å². The van der Waals surface area contributed by atoms with Crippen LogP contribution in [0.1, 0.15) is 44.6 Å². The predicted octanol–water partition coefficient (Wildman–Crippen LogP) is 1.80. The Labute approximate surface area is 171 Å². The van der Waals surface area contributed by atoms with Crippen molar-refractivity contribution in [2.24, 2.45) is 5.92 Å². The molecule has 1 aliphatic heterocycles. The number of nitrogens with zero attached hydrogens (tertiary/aromatic N) is 1. The fourth-order valence-corrected chi connectivity index (χ4v) is 3.43. The number of rotatable bonds is 11. The summed E-state index contributed by atoms with van der Waals surface area (Å²) in [6, 6.07) is 10.5. The third kappa shape index (κ3) is 7.72. The van der Waals surface area contributed by atoms with Gasteiger partial charge in [0.15, 0.2) is 0 Å². The zero-order chi connectivity index (χ0) is 21.1. The van der Waals surface area contributed by atoms with Crippen molar-refractivity contribution in [3.05, 3.63) is 35.9 Å². The van der Waals surface area contributed by atoms with Gasteiger partial charge in [-0.05, 0) is 24.8 Å². The van der Waals surface area contributed by atoms with Gasteiger partial charge in [0, 0.05) is 18.5 Å². The Morgan fingerprint density at radius 2 is 2.17 bits per heavy atom. The van der Waals surface area contributed by atoms with Crippen LogP contribution in [-0.4, -0.2) is 42.0 Å². The fraction of sp³-hybridized carbons (Fsp3) is 0.571. The number of hydrogen-bond acceptors (Lipinski definition) is 6. The number of amides is 2. The number of carbonyl (C=O) groups is 2. The molecule has 0 aromatic heterocycles. The second kappa shape index (κ2) is 12.0. The number of ether oxygens (including phenoxy) is 1. The zero-order valence-corrected chi connectivity index (χ0v) is 16.8. The SMILES string of the molecule is CCC[C@H](NC(=O)OCc1ccccc1)C(O)N[C@H](CC#N)C[C@@H]1CCNC1=O. The summed E-state index contributed by atoms with van der Waals surface area (Å²) >= 11 is 0. The minimum Gasteiger partial charge on any atom is -0.445 e. The van der Waals surface area contributed by atoms with Crippen LogP contribution in [-0.2, 0) is 16.1 Å². The molecular formula is C21H30N4O4. The molecule has 8 nitrogen and oxygen atoms in total. The number of hydrogen-bond donors (Lipinski definition) is 4. The lowest BCUT2D eigenvalue weighted by atomic mass is 9.96.